The first-order chi connectivity index (χ1) is 8.74. The minimum Gasteiger partial charge on any atom is -0.385 e. The van der Waals surface area contributed by atoms with Crippen molar-refractivity contribution in [3.05, 3.63) is 23.8 Å². The van der Waals surface area contributed by atoms with E-state index in [-0.39, 0.29) is 0 Å². The quantitative estimate of drug-likeness (QED) is 0.882. The Kier molecular flexibility index (Phi) is 4.48. The lowest BCUT2D eigenvalue weighted by atomic mass is 10.1. The largest absolute Gasteiger partial charge is 0.385 e. The average Bonchev–Trinajstić information content (AvgIpc) is 2.41. The lowest BCUT2D eigenvalue weighted by Gasteiger charge is -2.35. The average molecular weight is 247 g/mol. The van der Waals surface area contributed by atoms with Crippen LogP contribution in [0.2, 0.25) is 0 Å². The van der Waals surface area contributed by atoms with Gasteiger partial charge in [-0.3, -0.25) is 0 Å². The molecule has 0 unspecified atom stereocenters. The van der Waals surface area contributed by atoms with E-state index in [0.717, 1.165) is 19.6 Å². The van der Waals surface area contributed by atoms with Crippen LogP contribution in [0.15, 0.2) is 18.2 Å². The van der Waals surface area contributed by atoms with Crippen molar-refractivity contribution < 1.29 is 0 Å². The minimum atomic E-state index is 0.982. The molecule has 1 saturated heterocycles. The van der Waals surface area contributed by atoms with Crippen LogP contribution in [0.25, 0.3) is 0 Å². The van der Waals surface area contributed by atoms with Crippen LogP contribution >= 0.6 is 0 Å². The Hall–Kier alpha value is -1.22. The molecule has 100 valence electrons. The lowest BCUT2D eigenvalue weighted by molar-refractivity contribution is 0.271. The molecule has 1 N–H and O–H groups in total. The molecule has 3 nitrogen and oxygen atoms in total. The highest BCUT2D eigenvalue weighted by Crippen LogP contribution is 2.23. The van der Waals surface area contributed by atoms with Gasteiger partial charge in [0.25, 0.3) is 0 Å². The summed E-state index contributed by atoms with van der Waals surface area (Å²) in [6.07, 6.45) is 0. The summed E-state index contributed by atoms with van der Waals surface area (Å²) in [7, 11) is 0. The summed E-state index contributed by atoms with van der Waals surface area (Å²) in [5.74, 6) is 0. The Morgan fingerprint density at radius 1 is 1.11 bits per heavy atom. The maximum Gasteiger partial charge on any atom is 0.0371 e. The third-order valence-electron chi connectivity index (χ3n) is 3.76. The van der Waals surface area contributed by atoms with E-state index in [1.165, 1.54) is 36.6 Å². The molecule has 0 radical (unpaired) electrons. The molecule has 18 heavy (non-hydrogen) atoms. The molecule has 1 aromatic carbocycles. The zero-order valence-electron chi connectivity index (χ0n) is 11.9. The smallest absolute Gasteiger partial charge is 0.0371 e. The maximum atomic E-state index is 3.40. The molecule has 0 saturated carbocycles. The molecule has 0 spiro atoms. The number of piperazine rings is 1. The monoisotopic (exact) mass is 247 g/mol. The SMILES string of the molecule is CCNc1ccc(N2CCN(CC)CC2)cc1C. The van der Waals surface area contributed by atoms with Gasteiger partial charge in [0.15, 0.2) is 0 Å². The topological polar surface area (TPSA) is 18.5 Å². The molecule has 2 rings (SSSR count). The number of hydrogen-bond donors (Lipinski definition) is 1. The first-order valence-electron chi connectivity index (χ1n) is 7.06. The first-order valence-corrected chi connectivity index (χ1v) is 7.06. The molecule has 1 aromatic rings. The van der Waals surface area contributed by atoms with E-state index < -0.39 is 0 Å². The highest BCUT2D eigenvalue weighted by atomic mass is 15.3. The number of aryl methyl sites for hydroxylation is 1. The van der Waals surface area contributed by atoms with Gasteiger partial charge >= 0.3 is 0 Å². The van der Waals surface area contributed by atoms with Crippen molar-refractivity contribution in [3.63, 3.8) is 0 Å². The Morgan fingerprint density at radius 2 is 1.83 bits per heavy atom. The summed E-state index contributed by atoms with van der Waals surface area (Å²) >= 11 is 0. The fraction of sp³-hybridized carbons (Fsp3) is 0.600. The van der Waals surface area contributed by atoms with Crippen LogP contribution in [0.3, 0.4) is 0 Å². The maximum absolute atomic E-state index is 3.40. The van der Waals surface area contributed by atoms with Crippen molar-refractivity contribution in [3.8, 4) is 0 Å². The Balaban J connectivity index is 2.03. The van der Waals surface area contributed by atoms with Gasteiger partial charge in [0.1, 0.15) is 0 Å². The van der Waals surface area contributed by atoms with Crippen molar-refractivity contribution in [1.82, 2.24) is 4.90 Å². The summed E-state index contributed by atoms with van der Waals surface area (Å²) in [5.41, 5.74) is 3.96. The van der Waals surface area contributed by atoms with Gasteiger partial charge in [-0.2, -0.15) is 0 Å². The van der Waals surface area contributed by atoms with Crippen molar-refractivity contribution >= 4 is 11.4 Å². The van der Waals surface area contributed by atoms with E-state index >= 15 is 0 Å². The fourth-order valence-corrected chi connectivity index (χ4v) is 2.56. The molecule has 1 aliphatic rings. The third kappa shape index (κ3) is 2.96. The molecule has 1 aliphatic heterocycles. The summed E-state index contributed by atoms with van der Waals surface area (Å²) in [5, 5.41) is 3.40. The second-order valence-corrected chi connectivity index (χ2v) is 4.95. The van der Waals surface area contributed by atoms with Crippen LogP contribution in [0.4, 0.5) is 11.4 Å². The second-order valence-electron chi connectivity index (χ2n) is 4.95. The molecule has 0 aromatic heterocycles. The van der Waals surface area contributed by atoms with Crippen LogP contribution in [-0.4, -0.2) is 44.2 Å². The Bertz CT molecular complexity index is 381. The van der Waals surface area contributed by atoms with Gasteiger partial charge in [0.05, 0.1) is 0 Å². The van der Waals surface area contributed by atoms with Gasteiger partial charge in [0.2, 0.25) is 0 Å². The standard InChI is InChI=1S/C15H25N3/c1-4-16-15-7-6-14(12-13(15)3)18-10-8-17(5-2)9-11-18/h6-7,12,16H,4-5,8-11H2,1-3H3. The van der Waals surface area contributed by atoms with E-state index in [2.05, 4.69) is 54.1 Å². The minimum absolute atomic E-state index is 0.982. The van der Waals surface area contributed by atoms with Gasteiger partial charge in [-0.1, -0.05) is 6.92 Å². The number of hydrogen-bond acceptors (Lipinski definition) is 3. The molecular formula is C15H25N3. The van der Waals surface area contributed by atoms with Crippen LogP contribution in [0.1, 0.15) is 19.4 Å². The van der Waals surface area contributed by atoms with Gasteiger partial charge in [-0.05, 0) is 44.2 Å². The van der Waals surface area contributed by atoms with E-state index in [1.54, 1.807) is 0 Å². The van der Waals surface area contributed by atoms with E-state index in [1.807, 2.05) is 0 Å². The molecule has 0 amide bonds. The number of benzene rings is 1. The van der Waals surface area contributed by atoms with Crippen LogP contribution < -0.4 is 10.2 Å². The molecule has 0 atom stereocenters. The number of nitrogens with one attached hydrogen (secondary N) is 1. The molecule has 1 heterocycles. The first kappa shape index (κ1) is 13.2. The third-order valence-corrected chi connectivity index (χ3v) is 3.76. The number of likely N-dealkylation sites (N-methyl/N-ethyl adjacent to an activating group) is 1. The molecule has 3 heteroatoms. The Morgan fingerprint density at radius 3 is 2.39 bits per heavy atom. The molecule has 1 fully saturated rings. The van der Waals surface area contributed by atoms with E-state index in [9.17, 15) is 0 Å². The number of nitrogens with zero attached hydrogens (tertiary/aromatic N) is 2. The summed E-state index contributed by atoms with van der Waals surface area (Å²) in [6.45, 7) is 13.4. The van der Waals surface area contributed by atoms with Crippen LogP contribution in [0, 0.1) is 6.92 Å². The number of anilines is 2. The Labute approximate surface area is 111 Å². The van der Waals surface area contributed by atoms with Crippen LogP contribution in [-0.2, 0) is 0 Å². The van der Waals surface area contributed by atoms with Crippen molar-refractivity contribution in [2.75, 3.05) is 49.5 Å². The summed E-state index contributed by atoms with van der Waals surface area (Å²) in [4.78, 5) is 5.01. The molecular weight excluding hydrogens is 222 g/mol. The predicted molar refractivity (Wildman–Crippen MR) is 79.7 cm³/mol. The van der Waals surface area contributed by atoms with Crippen molar-refractivity contribution in [1.29, 1.82) is 0 Å². The van der Waals surface area contributed by atoms with Crippen molar-refractivity contribution in [2.24, 2.45) is 0 Å². The normalized spacial score (nSPS) is 16.9. The lowest BCUT2D eigenvalue weighted by Crippen LogP contribution is -2.46. The van der Waals surface area contributed by atoms with Crippen molar-refractivity contribution in [2.45, 2.75) is 20.8 Å². The van der Waals surface area contributed by atoms with Gasteiger partial charge in [0, 0.05) is 44.1 Å². The van der Waals surface area contributed by atoms with Gasteiger partial charge < -0.3 is 15.1 Å². The molecule has 0 aliphatic carbocycles. The van der Waals surface area contributed by atoms with Gasteiger partial charge in [-0.25, -0.2) is 0 Å². The van der Waals surface area contributed by atoms with E-state index in [0.29, 0.717) is 0 Å². The number of rotatable bonds is 4. The summed E-state index contributed by atoms with van der Waals surface area (Å²) < 4.78 is 0. The second kappa shape index (κ2) is 6.10. The fourth-order valence-electron chi connectivity index (χ4n) is 2.56. The predicted octanol–water partition coefficient (Wildman–Crippen LogP) is 2.57. The van der Waals surface area contributed by atoms with E-state index in [4.69, 9.17) is 0 Å². The highest BCUT2D eigenvalue weighted by molar-refractivity contribution is 5.60. The van der Waals surface area contributed by atoms with Crippen LogP contribution in [0.5, 0.6) is 0 Å². The van der Waals surface area contributed by atoms with Gasteiger partial charge in [-0.15, -0.1) is 0 Å². The zero-order chi connectivity index (χ0) is 13.0. The zero-order valence-corrected chi connectivity index (χ0v) is 11.9. The molecule has 0 bridgehead atoms. The highest BCUT2D eigenvalue weighted by Gasteiger charge is 2.16. The summed E-state index contributed by atoms with van der Waals surface area (Å²) in [6, 6.07) is 6.76.